The first-order valence-electron chi connectivity index (χ1n) is 6.47. The first-order valence-corrected chi connectivity index (χ1v) is 6.47. The Morgan fingerprint density at radius 3 is 2.80 bits per heavy atom. The van der Waals surface area contributed by atoms with E-state index in [1.807, 2.05) is 13.0 Å². The normalized spacial score (nSPS) is 25.8. The van der Waals surface area contributed by atoms with Gasteiger partial charge in [0.2, 0.25) is 11.8 Å². The summed E-state index contributed by atoms with van der Waals surface area (Å²) in [5.74, 6) is -0.978. The van der Waals surface area contributed by atoms with Crippen molar-refractivity contribution >= 4 is 17.8 Å². The average Bonchev–Trinajstić information content (AvgIpc) is 2.43. The van der Waals surface area contributed by atoms with E-state index < -0.39 is 11.4 Å². The van der Waals surface area contributed by atoms with Crippen molar-refractivity contribution in [3.8, 4) is 0 Å². The van der Waals surface area contributed by atoms with Crippen LogP contribution in [-0.2, 0) is 10.3 Å². The van der Waals surface area contributed by atoms with E-state index in [4.69, 9.17) is 11.5 Å². The number of carbonyl (C=O) groups excluding carboxylic acids is 2. The Hall–Kier alpha value is -2.37. The maximum Gasteiger partial charge on any atom is 0.248 e. The van der Waals surface area contributed by atoms with Gasteiger partial charge in [0.15, 0.2) is 5.96 Å². The van der Waals surface area contributed by atoms with Gasteiger partial charge in [-0.1, -0.05) is 26.0 Å². The number of hydrogen-bond acceptors (Lipinski definition) is 4. The SMILES string of the molecule is CC[C@]1(c2cccc(C(N)=O)c2)N=C(N)NC(=O)C1C. The largest absolute Gasteiger partial charge is 0.370 e. The lowest BCUT2D eigenvalue weighted by atomic mass is 9.75. The summed E-state index contributed by atoms with van der Waals surface area (Å²) in [6.45, 7) is 3.73. The van der Waals surface area contributed by atoms with Crippen LogP contribution < -0.4 is 16.8 Å². The van der Waals surface area contributed by atoms with Crippen LogP contribution in [0.1, 0.15) is 36.2 Å². The van der Waals surface area contributed by atoms with Crippen molar-refractivity contribution in [3.05, 3.63) is 35.4 Å². The third kappa shape index (κ3) is 2.13. The molecule has 6 nitrogen and oxygen atoms in total. The Kier molecular flexibility index (Phi) is 3.48. The summed E-state index contributed by atoms with van der Waals surface area (Å²) in [7, 11) is 0. The predicted molar refractivity (Wildman–Crippen MR) is 75.9 cm³/mol. The molecule has 6 heteroatoms. The molecule has 1 heterocycles. The molecular formula is C14H18N4O2. The molecule has 5 N–H and O–H groups in total. The summed E-state index contributed by atoms with van der Waals surface area (Å²) in [5.41, 5.74) is 11.4. The van der Waals surface area contributed by atoms with Gasteiger partial charge in [0.25, 0.3) is 0 Å². The van der Waals surface area contributed by atoms with Crippen molar-refractivity contribution in [2.45, 2.75) is 25.8 Å². The van der Waals surface area contributed by atoms with E-state index in [0.29, 0.717) is 12.0 Å². The van der Waals surface area contributed by atoms with E-state index >= 15 is 0 Å². The van der Waals surface area contributed by atoms with Crippen LogP contribution in [0.4, 0.5) is 0 Å². The minimum Gasteiger partial charge on any atom is -0.370 e. The third-order valence-electron chi connectivity index (χ3n) is 3.87. The molecule has 20 heavy (non-hydrogen) atoms. The van der Waals surface area contributed by atoms with Crippen LogP contribution in [-0.4, -0.2) is 17.8 Å². The van der Waals surface area contributed by atoms with Crippen molar-refractivity contribution in [2.24, 2.45) is 22.4 Å². The lowest BCUT2D eigenvalue weighted by Crippen LogP contribution is -2.53. The van der Waals surface area contributed by atoms with Crippen molar-refractivity contribution in [3.63, 3.8) is 0 Å². The van der Waals surface area contributed by atoms with Gasteiger partial charge < -0.3 is 11.5 Å². The average molecular weight is 274 g/mol. The maximum absolute atomic E-state index is 12.0. The second-order valence-electron chi connectivity index (χ2n) is 4.93. The molecule has 0 aromatic heterocycles. The Labute approximate surface area is 117 Å². The molecule has 1 aliphatic rings. The first-order chi connectivity index (χ1) is 9.40. The van der Waals surface area contributed by atoms with E-state index in [2.05, 4.69) is 10.3 Å². The molecule has 1 unspecified atom stereocenters. The van der Waals surface area contributed by atoms with Crippen LogP contribution in [0.5, 0.6) is 0 Å². The maximum atomic E-state index is 12.0. The number of rotatable bonds is 3. The van der Waals surface area contributed by atoms with Gasteiger partial charge in [-0.25, -0.2) is 4.99 Å². The number of hydrogen-bond donors (Lipinski definition) is 3. The second kappa shape index (κ2) is 4.96. The van der Waals surface area contributed by atoms with Crippen molar-refractivity contribution in [1.29, 1.82) is 0 Å². The lowest BCUT2D eigenvalue weighted by Gasteiger charge is -2.38. The molecule has 106 valence electrons. The summed E-state index contributed by atoms with van der Waals surface area (Å²) >= 11 is 0. The van der Waals surface area contributed by atoms with Gasteiger partial charge in [0.1, 0.15) is 5.54 Å². The van der Waals surface area contributed by atoms with Gasteiger partial charge in [0.05, 0.1) is 5.92 Å². The number of benzene rings is 1. The molecule has 1 aliphatic heterocycles. The van der Waals surface area contributed by atoms with E-state index in [1.54, 1.807) is 25.1 Å². The smallest absolute Gasteiger partial charge is 0.248 e. The highest BCUT2D eigenvalue weighted by molar-refractivity contribution is 6.00. The number of aliphatic imine (C=N–C) groups is 1. The first kappa shape index (κ1) is 14.0. The van der Waals surface area contributed by atoms with Gasteiger partial charge in [0, 0.05) is 5.56 Å². The predicted octanol–water partition coefficient (Wildman–Crippen LogP) is 0.471. The van der Waals surface area contributed by atoms with Crippen LogP contribution in [0.15, 0.2) is 29.3 Å². The molecule has 1 aromatic rings. The van der Waals surface area contributed by atoms with Gasteiger partial charge in [-0.05, 0) is 24.1 Å². The summed E-state index contributed by atoms with van der Waals surface area (Å²) in [4.78, 5) is 27.8. The highest BCUT2D eigenvalue weighted by Crippen LogP contribution is 2.39. The summed E-state index contributed by atoms with van der Waals surface area (Å²) in [6, 6.07) is 6.88. The number of amides is 2. The van der Waals surface area contributed by atoms with E-state index in [-0.39, 0.29) is 17.8 Å². The molecule has 2 rings (SSSR count). The second-order valence-corrected chi connectivity index (χ2v) is 4.93. The fourth-order valence-electron chi connectivity index (χ4n) is 2.64. The molecule has 2 amide bonds. The van der Waals surface area contributed by atoms with Crippen molar-refractivity contribution in [2.75, 3.05) is 0 Å². The molecule has 0 radical (unpaired) electrons. The molecule has 0 saturated carbocycles. The molecule has 0 saturated heterocycles. The molecule has 0 fully saturated rings. The summed E-state index contributed by atoms with van der Waals surface area (Å²) in [6.07, 6.45) is 0.588. The highest BCUT2D eigenvalue weighted by atomic mass is 16.2. The number of carbonyl (C=O) groups is 2. The van der Waals surface area contributed by atoms with E-state index in [9.17, 15) is 9.59 Å². The van der Waals surface area contributed by atoms with Gasteiger partial charge in [-0.15, -0.1) is 0 Å². The van der Waals surface area contributed by atoms with Gasteiger partial charge in [-0.3, -0.25) is 14.9 Å². The van der Waals surface area contributed by atoms with Crippen LogP contribution in [0.25, 0.3) is 0 Å². The number of primary amides is 1. The zero-order chi connectivity index (χ0) is 14.9. The van der Waals surface area contributed by atoms with Crippen LogP contribution in [0.3, 0.4) is 0 Å². The zero-order valence-corrected chi connectivity index (χ0v) is 11.5. The highest BCUT2D eigenvalue weighted by Gasteiger charge is 2.43. The fourth-order valence-corrected chi connectivity index (χ4v) is 2.64. The number of nitrogens with two attached hydrogens (primary N) is 2. The molecule has 1 aromatic carbocycles. The third-order valence-corrected chi connectivity index (χ3v) is 3.87. The Bertz CT molecular complexity index is 597. The minimum atomic E-state index is -0.766. The Morgan fingerprint density at radius 2 is 2.20 bits per heavy atom. The van der Waals surface area contributed by atoms with Gasteiger partial charge >= 0.3 is 0 Å². The zero-order valence-electron chi connectivity index (χ0n) is 11.5. The summed E-state index contributed by atoms with van der Waals surface area (Å²) < 4.78 is 0. The number of guanidine groups is 1. The van der Waals surface area contributed by atoms with E-state index in [0.717, 1.165) is 5.56 Å². The standard InChI is InChI=1S/C14H18N4O2/c1-3-14(8(2)12(20)17-13(16)18-14)10-6-4-5-9(7-10)11(15)19/h4-8H,3H2,1-2H3,(H2,15,19)(H3,16,17,18,20)/t8?,14-/m0/s1. The number of nitrogens with zero attached hydrogens (tertiary/aromatic N) is 1. The minimum absolute atomic E-state index is 0.0967. The quantitative estimate of drug-likeness (QED) is 0.745. The monoisotopic (exact) mass is 274 g/mol. The Morgan fingerprint density at radius 1 is 1.50 bits per heavy atom. The molecule has 0 bridgehead atoms. The van der Waals surface area contributed by atoms with Crippen LogP contribution in [0.2, 0.25) is 0 Å². The number of nitrogens with one attached hydrogen (secondary N) is 1. The fraction of sp³-hybridized carbons (Fsp3) is 0.357. The summed E-state index contributed by atoms with van der Waals surface area (Å²) in [5, 5.41) is 2.52. The Balaban J connectivity index is 2.61. The van der Waals surface area contributed by atoms with E-state index in [1.165, 1.54) is 0 Å². The molecule has 2 atom stereocenters. The van der Waals surface area contributed by atoms with Gasteiger partial charge in [-0.2, -0.15) is 0 Å². The topological polar surface area (TPSA) is 111 Å². The van der Waals surface area contributed by atoms with Crippen LogP contribution in [0, 0.1) is 5.92 Å². The van der Waals surface area contributed by atoms with Crippen molar-refractivity contribution < 1.29 is 9.59 Å². The molecule has 0 aliphatic carbocycles. The van der Waals surface area contributed by atoms with Crippen molar-refractivity contribution in [1.82, 2.24) is 5.32 Å². The lowest BCUT2D eigenvalue weighted by molar-refractivity contribution is -0.126. The molecule has 0 spiro atoms. The van der Waals surface area contributed by atoms with Crippen LogP contribution >= 0.6 is 0 Å². The molecular weight excluding hydrogens is 256 g/mol.